The van der Waals surface area contributed by atoms with Crippen LogP contribution in [0.1, 0.15) is 25.3 Å². The van der Waals surface area contributed by atoms with Crippen molar-refractivity contribution in [1.29, 1.82) is 0 Å². The number of primary amides is 1. The Morgan fingerprint density at radius 1 is 1.35 bits per heavy atom. The highest BCUT2D eigenvalue weighted by Gasteiger charge is 2.44. The van der Waals surface area contributed by atoms with E-state index in [-0.39, 0.29) is 17.6 Å². The summed E-state index contributed by atoms with van der Waals surface area (Å²) in [5.41, 5.74) is 5.25. The number of amides is 1. The molecule has 142 valence electrons. The van der Waals surface area contributed by atoms with Crippen LogP contribution in [0.4, 0.5) is 0 Å². The van der Waals surface area contributed by atoms with Gasteiger partial charge in [-0.1, -0.05) is 18.6 Å². The molecule has 0 bridgehead atoms. The molecule has 1 saturated heterocycles. The molecule has 0 radical (unpaired) electrons. The summed E-state index contributed by atoms with van der Waals surface area (Å²) in [6.45, 7) is 1.06. The van der Waals surface area contributed by atoms with E-state index in [1.807, 2.05) is 6.92 Å². The van der Waals surface area contributed by atoms with Gasteiger partial charge in [-0.15, -0.1) is 5.10 Å². The van der Waals surface area contributed by atoms with Gasteiger partial charge in [0.05, 0.1) is 12.3 Å². The molecule has 0 aromatic carbocycles. The zero-order valence-corrected chi connectivity index (χ0v) is 14.0. The van der Waals surface area contributed by atoms with Crippen LogP contribution in [-0.2, 0) is 22.5 Å². The normalized spacial score (nSPS) is 25.8. The lowest BCUT2D eigenvalue weighted by Gasteiger charge is -2.15. The van der Waals surface area contributed by atoms with Gasteiger partial charge in [-0.05, 0) is 6.42 Å². The second-order valence-electron chi connectivity index (χ2n) is 6.09. The van der Waals surface area contributed by atoms with Gasteiger partial charge in [0, 0.05) is 0 Å². The standard InChI is InChI=1S/C14H20N6O6/c1-2-3-6-9-10(19(17-6)4-8(15)22)13(25)20(18-16-9)14-12(24)11(23)7(5-21)26-14/h7,11-12,14,21,23-24H,2-5H2,1H3,(H2,15,22). The van der Waals surface area contributed by atoms with Gasteiger partial charge in [0.1, 0.15) is 30.4 Å². The smallest absolute Gasteiger partial charge is 0.298 e. The van der Waals surface area contributed by atoms with Crippen molar-refractivity contribution in [3.63, 3.8) is 0 Å². The molecule has 0 saturated carbocycles. The van der Waals surface area contributed by atoms with Gasteiger partial charge in [-0.3, -0.25) is 9.59 Å². The summed E-state index contributed by atoms with van der Waals surface area (Å²) < 4.78 is 7.23. The van der Waals surface area contributed by atoms with E-state index in [0.717, 1.165) is 15.8 Å². The number of hydrogen-bond donors (Lipinski definition) is 4. The fourth-order valence-corrected chi connectivity index (χ4v) is 2.98. The van der Waals surface area contributed by atoms with E-state index in [2.05, 4.69) is 15.4 Å². The Bertz CT molecular complexity index is 879. The van der Waals surface area contributed by atoms with Crippen molar-refractivity contribution in [3.05, 3.63) is 16.0 Å². The van der Waals surface area contributed by atoms with Gasteiger partial charge in [0.25, 0.3) is 5.56 Å². The number of nitrogens with zero attached hydrogens (tertiary/aromatic N) is 5. The summed E-state index contributed by atoms with van der Waals surface area (Å²) >= 11 is 0. The molecule has 2 aromatic rings. The molecule has 1 fully saturated rings. The van der Waals surface area contributed by atoms with Crippen molar-refractivity contribution in [2.75, 3.05) is 6.61 Å². The zero-order valence-electron chi connectivity index (χ0n) is 14.0. The van der Waals surface area contributed by atoms with Gasteiger partial charge in [0.2, 0.25) is 5.91 Å². The number of carbonyl (C=O) groups excluding carboxylic acids is 1. The highest BCUT2D eigenvalue weighted by molar-refractivity contribution is 5.79. The van der Waals surface area contributed by atoms with E-state index < -0.39 is 42.6 Å². The molecule has 0 spiro atoms. The van der Waals surface area contributed by atoms with Crippen LogP contribution in [-0.4, -0.2) is 70.9 Å². The van der Waals surface area contributed by atoms with E-state index in [4.69, 9.17) is 10.5 Å². The quantitative estimate of drug-likeness (QED) is 0.414. The van der Waals surface area contributed by atoms with Gasteiger partial charge in [-0.25, -0.2) is 4.68 Å². The molecule has 12 heteroatoms. The average Bonchev–Trinajstić information content (AvgIpc) is 3.07. The predicted octanol–water partition coefficient (Wildman–Crippen LogP) is -2.96. The van der Waals surface area contributed by atoms with E-state index in [1.165, 1.54) is 0 Å². The summed E-state index contributed by atoms with van der Waals surface area (Å²) in [5.74, 6) is -0.687. The number of aliphatic hydroxyl groups is 3. The third-order valence-corrected chi connectivity index (χ3v) is 4.20. The van der Waals surface area contributed by atoms with Gasteiger partial charge in [0.15, 0.2) is 11.7 Å². The van der Waals surface area contributed by atoms with Crippen LogP contribution >= 0.6 is 0 Å². The third kappa shape index (κ3) is 2.96. The molecule has 1 amide bonds. The molecule has 3 rings (SSSR count). The Morgan fingerprint density at radius 2 is 2.08 bits per heavy atom. The fraction of sp³-hybridized carbons (Fsp3) is 0.643. The minimum atomic E-state index is -1.49. The van der Waals surface area contributed by atoms with E-state index >= 15 is 0 Å². The highest BCUT2D eigenvalue weighted by Crippen LogP contribution is 2.28. The van der Waals surface area contributed by atoms with Crippen LogP contribution in [0.2, 0.25) is 0 Å². The number of ether oxygens (including phenoxy) is 1. The number of rotatable bonds is 6. The molecule has 0 aliphatic carbocycles. The molecule has 1 aliphatic rings. The number of nitrogens with two attached hydrogens (primary N) is 1. The summed E-state index contributed by atoms with van der Waals surface area (Å²) in [4.78, 5) is 24.2. The number of carbonyl (C=O) groups is 1. The number of hydrogen-bond acceptors (Lipinski definition) is 9. The maximum absolute atomic E-state index is 12.9. The Kier molecular flexibility index (Phi) is 5.00. The maximum atomic E-state index is 12.9. The molecule has 4 atom stereocenters. The van der Waals surface area contributed by atoms with Crippen molar-refractivity contribution in [3.8, 4) is 0 Å². The number of aromatic nitrogens is 5. The fourth-order valence-electron chi connectivity index (χ4n) is 2.98. The Balaban J connectivity index is 2.13. The van der Waals surface area contributed by atoms with E-state index in [0.29, 0.717) is 12.1 Å². The SMILES string of the molecule is CCCc1nn(CC(N)=O)c2c(=O)n(C3OC(CO)C(O)C3O)nnc12. The van der Waals surface area contributed by atoms with Crippen LogP contribution in [0.25, 0.3) is 11.0 Å². The average molecular weight is 368 g/mol. The van der Waals surface area contributed by atoms with Crippen molar-refractivity contribution in [2.45, 2.75) is 50.8 Å². The number of fused-ring (bicyclic) bond motifs is 1. The van der Waals surface area contributed by atoms with Crippen LogP contribution in [0.3, 0.4) is 0 Å². The molecular weight excluding hydrogens is 348 g/mol. The van der Waals surface area contributed by atoms with Crippen molar-refractivity contribution < 1.29 is 24.9 Å². The van der Waals surface area contributed by atoms with Crippen LogP contribution in [0.15, 0.2) is 4.79 Å². The monoisotopic (exact) mass is 368 g/mol. The van der Waals surface area contributed by atoms with Crippen molar-refractivity contribution >= 4 is 16.9 Å². The lowest BCUT2D eigenvalue weighted by atomic mass is 10.1. The first-order chi connectivity index (χ1) is 12.4. The lowest BCUT2D eigenvalue weighted by molar-refractivity contribution is -0.118. The summed E-state index contributed by atoms with van der Waals surface area (Å²) in [7, 11) is 0. The second-order valence-corrected chi connectivity index (χ2v) is 6.09. The second kappa shape index (κ2) is 7.07. The van der Waals surface area contributed by atoms with Crippen LogP contribution in [0, 0.1) is 0 Å². The summed E-state index contributed by atoms with van der Waals surface area (Å²) in [6.07, 6.45) is -4.01. The third-order valence-electron chi connectivity index (χ3n) is 4.20. The lowest BCUT2D eigenvalue weighted by Crippen LogP contribution is -2.37. The molecule has 1 aliphatic heterocycles. The molecule has 3 heterocycles. The van der Waals surface area contributed by atoms with Crippen molar-refractivity contribution in [1.82, 2.24) is 24.8 Å². The first-order valence-corrected chi connectivity index (χ1v) is 8.14. The number of aryl methyl sites for hydroxylation is 1. The minimum absolute atomic E-state index is 0.0000109. The maximum Gasteiger partial charge on any atom is 0.298 e. The first kappa shape index (κ1) is 18.4. The van der Waals surface area contributed by atoms with E-state index in [1.54, 1.807) is 0 Å². The summed E-state index contributed by atoms with van der Waals surface area (Å²) in [5, 5.41) is 41.1. The Labute approximate surface area is 146 Å². The Morgan fingerprint density at radius 3 is 2.65 bits per heavy atom. The molecular formula is C14H20N6O6. The van der Waals surface area contributed by atoms with Crippen LogP contribution < -0.4 is 11.3 Å². The van der Waals surface area contributed by atoms with Gasteiger partial charge < -0.3 is 25.8 Å². The van der Waals surface area contributed by atoms with Gasteiger partial charge >= 0.3 is 0 Å². The Hall–Kier alpha value is -2.41. The predicted molar refractivity (Wildman–Crippen MR) is 85.8 cm³/mol. The zero-order chi connectivity index (χ0) is 19.0. The summed E-state index contributed by atoms with van der Waals surface area (Å²) in [6, 6.07) is 0. The number of aliphatic hydroxyl groups excluding tert-OH is 3. The molecule has 12 nitrogen and oxygen atoms in total. The first-order valence-electron chi connectivity index (χ1n) is 8.14. The van der Waals surface area contributed by atoms with Crippen LogP contribution in [0.5, 0.6) is 0 Å². The molecule has 2 aromatic heterocycles. The molecule has 4 unspecified atom stereocenters. The topological polar surface area (TPSA) is 179 Å². The van der Waals surface area contributed by atoms with Crippen molar-refractivity contribution in [2.24, 2.45) is 5.73 Å². The largest absolute Gasteiger partial charge is 0.394 e. The minimum Gasteiger partial charge on any atom is -0.394 e. The van der Waals surface area contributed by atoms with E-state index in [9.17, 15) is 24.9 Å². The highest BCUT2D eigenvalue weighted by atomic mass is 16.6. The van der Waals surface area contributed by atoms with Gasteiger partial charge in [-0.2, -0.15) is 9.78 Å². The molecule has 5 N–H and O–H groups in total. The molecule has 26 heavy (non-hydrogen) atoms.